The molecule has 2 aromatic heterocycles. The van der Waals surface area contributed by atoms with Crippen molar-refractivity contribution >= 4 is 55.0 Å². The summed E-state index contributed by atoms with van der Waals surface area (Å²) in [5.41, 5.74) is 5.19. The van der Waals surface area contributed by atoms with Gasteiger partial charge in [-0.25, -0.2) is 0 Å². The van der Waals surface area contributed by atoms with E-state index in [0.717, 1.165) is 0 Å². The highest BCUT2D eigenvalue weighted by atomic mass is 32.1. The first kappa shape index (κ1) is 23.4. The topological polar surface area (TPSA) is 0 Å². The second kappa shape index (κ2) is 9.60. The van der Waals surface area contributed by atoms with E-state index >= 15 is 0 Å². The van der Waals surface area contributed by atoms with Crippen molar-refractivity contribution in [3.63, 3.8) is 0 Å². The van der Waals surface area contributed by atoms with E-state index in [1.165, 1.54) is 74.1 Å². The van der Waals surface area contributed by atoms with Crippen LogP contribution in [0.5, 0.6) is 0 Å². The summed E-state index contributed by atoms with van der Waals surface area (Å²) in [5.74, 6) is 0. The predicted molar refractivity (Wildman–Crippen MR) is 176 cm³/mol. The molecule has 8 aromatic rings. The summed E-state index contributed by atoms with van der Waals surface area (Å²) in [6, 6.07) is 53.0. The molecule has 0 saturated heterocycles. The second-order valence-corrected chi connectivity index (χ2v) is 12.2. The van der Waals surface area contributed by atoms with E-state index in [2.05, 4.69) is 146 Å². The Morgan fingerprint density at radius 3 is 1.40 bits per heavy atom. The summed E-state index contributed by atoms with van der Waals surface area (Å²) in [6.45, 7) is 0. The molecule has 0 radical (unpaired) electrons. The highest BCUT2D eigenvalue weighted by molar-refractivity contribution is 7.19. The average molecular weight is 545 g/mol. The molecule has 188 valence electrons. The minimum absolute atomic E-state index is 1.26. The largest absolute Gasteiger partial charge is 0.135 e. The van der Waals surface area contributed by atoms with Gasteiger partial charge in [-0.2, -0.15) is 0 Å². The predicted octanol–water partition coefficient (Wildman–Crippen LogP) is 11.9. The minimum Gasteiger partial charge on any atom is -0.135 e. The maximum absolute atomic E-state index is 2.34. The van der Waals surface area contributed by atoms with Gasteiger partial charge in [-0.15, -0.1) is 22.7 Å². The van der Waals surface area contributed by atoms with Crippen molar-refractivity contribution in [1.29, 1.82) is 0 Å². The van der Waals surface area contributed by atoms with Gasteiger partial charge in [0.05, 0.1) is 0 Å². The summed E-state index contributed by atoms with van der Waals surface area (Å²) < 4.78 is 0. The maximum atomic E-state index is 2.34. The number of hydrogen-bond acceptors (Lipinski definition) is 2. The molecule has 0 saturated carbocycles. The normalized spacial score (nSPS) is 11.5. The van der Waals surface area contributed by atoms with E-state index in [-0.39, 0.29) is 0 Å². The molecule has 8 rings (SSSR count). The molecule has 0 atom stereocenters. The molecule has 0 bridgehead atoms. The third-order valence-electron chi connectivity index (χ3n) is 7.74. The van der Waals surface area contributed by atoms with Crippen molar-refractivity contribution in [1.82, 2.24) is 0 Å². The molecule has 2 heterocycles. The van der Waals surface area contributed by atoms with Crippen LogP contribution < -0.4 is 0 Å². The van der Waals surface area contributed by atoms with Crippen molar-refractivity contribution in [3.05, 3.63) is 146 Å². The number of fused-ring (bicyclic) bond motifs is 4. The lowest BCUT2D eigenvalue weighted by Gasteiger charge is -2.17. The lowest BCUT2D eigenvalue weighted by Crippen LogP contribution is -1.89. The van der Waals surface area contributed by atoms with Gasteiger partial charge in [-0.3, -0.25) is 0 Å². The van der Waals surface area contributed by atoms with Crippen molar-refractivity contribution in [3.8, 4) is 41.8 Å². The Hall–Kier alpha value is -4.50. The van der Waals surface area contributed by atoms with E-state index in [4.69, 9.17) is 0 Å². The molecular formula is C38H24S2. The zero-order valence-electron chi connectivity index (χ0n) is 21.7. The van der Waals surface area contributed by atoms with Crippen molar-refractivity contribution < 1.29 is 0 Å². The quantitative estimate of drug-likeness (QED) is 0.153. The van der Waals surface area contributed by atoms with Crippen LogP contribution in [0.15, 0.2) is 146 Å². The standard InChI is InChI=1S/C38H24S2/c1-3-12-26(13-4-1)32-21-23-34(39-32)36-29-17-9-10-18-30(29)38(35-24-22-33(40-35)27-14-5-2-6-15-27)37-28-16-8-7-11-25(28)19-20-31(36)37/h1-24H. The van der Waals surface area contributed by atoms with Gasteiger partial charge in [-0.1, -0.05) is 121 Å². The smallest absolute Gasteiger partial charge is 0.0362 e. The maximum Gasteiger partial charge on any atom is 0.0362 e. The first-order valence-electron chi connectivity index (χ1n) is 13.5. The van der Waals surface area contributed by atoms with Crippen molar-refractivity contribution in [2.75, 3.05) is 0 Å². The molecule has 0 nitrogen and oxygen atoms in total. The molecule has 40 heavy (non-hydrogen) atoms. The molecule has 0 spiro atoms. The summed E-state index contributed by atoms with van der Waals surface area (Å²) in [5, 5.41) is 7.82. The lowest BCUT2D eigenvalue weighted by molar-refractivity contribution is 1.70. The Bertz CT molecular complexity index is 2150. The number of hydrogen-bond donors (Lipinski definition) is 0. The second-order valence-electron chi connectivity index (χ2n) is 10.1. The van der Waals surface area contributed by atoms with Gasteiger partial charge in [0.2, 0.25) is 0 Å². The van der Waals surface area contributed by atoms with Crippen LogP contribution >= 0.6 is 22.7 Å². The van der Waals surface area contributed by atoms with Crippen molar-refractivity contribution in [2.24, 2.45) is 0 Å². The van der Waals surface area contributed by atoms with E-state index in [1.54, 1.807) is 0 Å². The average Bonchev–Trinajstić information content (AvgIpc) is 3.71. The van der Waals surface area contributed by atoms with Gasteiger partial charge in [0, 0.05) is 30.6 Å². The highest BCUT2D eigenvalue weighted by Crippen LogP contribution is 2.50. The van der Waals surface area contributed by atoms with Crippen LogP contribution in [0.1, 0.15) is 0 Å². The molecule has 0 unspecified atom stereocenters. The van der Waals surface area contributed by atoms with Gasteiger partial charge < -0.3 is 0 Å². The molecule has 0 aliphatic carbocycles. The monoisotopic (exact) mass is 544 g/mol. The number of rotatable bonds is 4. The first-order valence-corrected chi connectivity index (χ1v) is 15.2. The van der Waals surface area contributed by atoms with E-state index in [9.17, 15) is 0 Å². The number of thiophene rings is 2. The Kier molecular flexibility index (Phi) is 5.62. The Labute approximate surface area is 241 Å². The Morgan fingerprint density at radius 1 is 0.300 bits per heavy atom. The summed E-state index contributed by atoms with van der Waals surface area (Å²) in [7, 11) is 0. The van der Waals surface area contributed by atoms with E-state index < -0.39 is 0 Å². The molecule has 0 aliphatic heterocycles. The Morgan fingerprint density at radius 2 is 0.775 bits per heavy atom. The summed E-state index contributed by atoms with van der Waals surface area (Å²) in [4.78, 5) is 5.20. The molecule has 6 aromatic carbocycles. The van der Waals surface area contributed by atoms with Gasteiger partial charge >= 0.3 is 0 Å². The fourth-order valence-corrected chi connectivity index (χ4v) is 8.09. The van der Waals surface area contributed by atoms with Crippen LogP contribution in [0, 0.1) is 0 Å². The zero-order valence-corrected chi connectivity index (χ0v) is 23.3. The minimum atomic E-state index is 1.26. The molecule has 0 aliphatic rings. The van der Waals surface area contributed by atoms with Crippen LogP contribution in [0.4, 0.5) is 0 Å². The van der Waals surface area contributed by atoms with Gasteiger partial charge in [0.25, 0.3) is 0 Å². The SMILES string of the molecule is c1ccc(-c2ccc(-c3c4ccccc4c(-c4ccc(-c5ccccc5)s4)c4c3ccc3ccccc34)s2)cc1. The summed E-state index contributed by atoms with van der Waals surface area (Å²) in [6.07, 6.45) is 0. The number of benzene rings is 6. The van der Waals surface area contributed by atoms with Crippen LogP contribution in [-0.2, 0) is 0 Å². The molecule has 0 N–H and O–H groups in total. The fraction of sp³-hybridized carbons (Fsp3) is 0. The zero-order chi connectivity index (χ0) is 26.5. The highest BCUT2D eigenvalue weighted by Gasteiger charge is 2.20. The van der Waals surface area contributed by atoms with Crippen LogP contribution in [0.25, 0.3) is 74.1 Å². The first-order chi connectivity index (χ1) is 19.8. The van der Waals surface area contributed by atoms with Gasteiger partial charge in [0.1, 0.15) is 0 Å². The molecule has 0 fully saturated rings. The Balaban J connectivity index is 1.47. The van der Waals surface area contributed by atoms with Gasteiger partial charge in [-0.05, 0) is 67.7 Å². The van der Waals surface area contributed by atoms with E-state index in [0.29, 0.717) is 0 Å². The summed E-state index contributed by atoms with van der Waals surface area (Å²) >= 11 is 3.76. The van der Waals surface area contributed by atoms with Crippen LogP contribution in [0.2, 0.25) is 0 Å². The molecule has 0 amide bonds. The van der Waals surface area contributed by atoms with E-state index in [1.807, 2.05) is 22.7 Å². The van der Waals surface area contributed by atoms with Crippen molar-refractivity contribution in [2.45, 2.75) is 0 Å². The van der Waals surface area contributed by atoms with Crippen LogP contribution in [0.3, 0.4) is 0 Å². The third-order valence-corrected chi connectivity index (χ3v) is 10.0. The molecular weight excluding hydrogens is 521 g/mol. The lowest BCUT2D eigenvalue weighted by atomic mass is 9.87. The van der Waals surface area contributed by atoms with Crippen LogP contribution in [-0.4, -0.2) is 0 Å². The van der Waals surface area contributed by atoms with Gasteiger partial charge in [0.15, 0.2) is 0 Å². The fourth-order valence-electron chi connectivity index (χ4n) is 5.93. The third kappa shape index (κ3) is 3.80. The molecule has 2 heteroatoms.